The van der Waals surface area contributed by atoms with Gasteiger partial charge in [-0.05, 0) is 12.8 Å². The SMILES string of the molecule is FC(F)c1cccc(C(F)F)c1-c1noc(C2CC2)c1CCl. The molecule has 0 bridgehead atoms. The zero-order valence-electron chi connectivity index (χ0n) is 11.3. The molecule has 22 heavy (non-hydrogen) atoms. The third kappa shape index (κ3) is 2.60. The van der Waals surface area contributed by atoms with Crippen LogP contribution in [0.15, 0.2) is 22.7 Å². The van der Waals surface area contributed by atoms with Gasteiger partial charge in [0.15, 0.2) is 0 Å². The molecule has 0 amide bonds. The van der Waals surface area contributed by atoms with Crippen molar-refractivity contribution in [2.24, 2.45) is 0 Å². The number of nitrogens with zero attached hydrogens (tertiary/aromatic N) is 1. The van der Waals surface area contributed by atoms with E-state index in [0.29, 0.717) is 11.3 Å². The molecule has 1 aromatic carbocycles. The molecule has 1 aliphatic rings. The Hall–Kier alpha value is -1.56. The van der Waals surface area contributed by atoms with Gasteiger partial charge in [-0.2, -0.15) is 0 Å². The smallest absolute Gasteiger partial charge is 0.264 e. The van der Waals surface area contributed by atoms with E-state index in [-0.39, 0.29) is 23.1 Å². The first kappa shape index (κ1) is 15.3. The van der Waals surface area contributed by atoms with Crippen molar-refractivity contribution in [3.63, 3.8) is 0 Å². The summed E-state index contributed by atoms with van der Waals surface area (Å²) in [6, 6.07) is 3.43. The maximum absolute atomic E-state index is 13.2. The summed E-state index contributed by atoms with van der Waals surface area (Å²) in [5.41, 5.74) is -0.805. The molecule has 0 radical (unpaired) electrons. The first-order valence-electron chi connectivity index (χ1n) is 6.78. The molecule has 0 unspecified atom stereocenters. The lowest BCUT2D eigenvalue weighted by Crippen LogP contribution is -1.99. The molecule has 3 rings (SSSR count). The van der Waals surface area contributed by atoms with Gasteiger partial charge in [0.2, 0.25) is 0 Å². The van der Waals surface area contributed by atoms with Crippen molar-refractivity contribution in [2.75, 3.05) is 0 Å². The van der Waals surface area contributed by atoms with Crippen molar-refractivity contribution in [2.45, 2.75) is 37.5 Å². The zero-order valence-corrected chi connectivity index (χ0v) is 12.1. The maximum atomic E-state index is 13.2. The van der Waals surface area contributed by atoms with E-state index in [1.165, 1.54) is 6.07 Å². The van der Waals surface area contributed by atoms with Crippen molar-refractivity contribution in [1.82, 2.24) is 5.16 Å². The molecule has 1 saturated carbocycles. The highest BCUT2D eigenvalue weighted by Crippen LogP contribution is 2.46. The standard InChI is InChI=1S/C15H12ClF4NO/c16-6-10-12(21-22-13(10)7-4-5-7)11-8(14(17)18)2-1-3-9(11)15(19)20/h1-3,7,14-15H,4-6H2. The minimum atomic E-state index is -2.89. The summed E-state index contributed by atoms with van der Waals surface area (Å²) in [7, 11) is 0. The molecule has 0 N–H and O–H groups in total. The highest BCUT2D eigenvalue weighted by atomic mass is 35.5. The van der Waals surface area contributed by atoms with Crippen LogP contribution in [0.4, 0.5) is 17.6 Å². The predicted molar refractivity (Wildman–Crippen MR) is 73.4 cm³/mol. The second-order valence-electron chi connectivity index (χ2n) is 5.19. The Morgan fingerprint density at radius 3 is 2.18 bits per heavy atom. The first-order chi connectivity index (χ1) is 10.5. The Labute approximate surface area is 129 Å². The molecule has 1 aromatic heterocycles. The summed E-state index contributed by atoms with van der Waals surface area (Å²) in [5.74, 6) is 0.656. The minimum absolute atomic E-state index is 0.00287. The first-order valence-corrected chi connectivity index (χ1v) is 7.32. The van der Waals surface area contributed by atoms with Gasteiger partial charge in [-0.15, -0.1) is 11.6 Å². The number of halogens is 5. The summed E-state index contributed by atoms with van der Waals surface area (Å²) in [6.07, 6.45) is -3.98. The monoisotopic (exact) mass is 333 g/mol. The molecule has 1 heterocycles. The summed E-state index contributed by atoms with van der Waals surface area (Å²) in [5, 5.41) is 3.78. The van der Waals surface area contributed by atoms with E-state index in [9.17, 15) is 17.6 Å². The number of rotatable bonds is 5. The summed E-state index contributed by atoms with van der Waals surface area (Å²) < 4.78 is 58.1. The van der Waals surface area contributed by atoms with Crippen molar-refractivity contribution >= 4 is 11.6 Å². The predicted octanol–water partition coefficient (Wildman–Crippen LogP) is 5.83. The van der Waals surface area contributed by atoms with Crippen LogP contribution in [0.2, 0.25) is 0 Å². The molecule has 2 nitrogen and oxygen atoms in total. The molecular weight excluding hydrogens is 322 g/mol. The molecule has 0 saturated heterocycles. The van der Waals surface area contributed by atoms with Crippen LogP contribution in [-0.2, 0) is 5.88 Å². The fourth-order valence-corrected chi connectivity index (χ4v) is 2.80. The van der Waals surface area contributed by atoms with Crippen LogP contribution in [0.25, 0.3) is 11.3 Å². The van der Waals surface area contributed by atoms with Gasteiger partial charge in [-0.1, -0.05) is 23.4 Å². The molecule has 1 fully saturated rings. The van der Waals surface area contributed by atoms with Crippen LogP contribution >= 0.6 is 11.6 Å². The van der Waals surface area contributed by atoms with E-state index in [2.05, 4.69) is 5.16 Å². The second kappa shape index (κ2) is 5.91. The Balaban J connectivity index is 2.22. The Kier molecular flexibility index (Phi) is 4.12. The van der Waals surface area contributed by atoms with Crippen LogP contribution in [0.1, 0.15) is 54.1 Å². The topological polar surface area (TPSA) is 26.0 Å². The fraction of sp³-hybridized carbons (Fsp3) is 0.400. The molecule has 0 aliphatic heterocycles. The van der Waals surface area contributed by atoms with Crippen LogP contribution in [-0.4, -0.2) is 5.16 Å². The van der Waals surface area contributed by atoms with Crippen molar-refractivity contribution in [1.29, 1.82) is 0 Å². The summed E-state index contributed by atoms with van der Waals surface area (Å²) in [4.78, 5) is 0. The van der Waals surface area contributed by atoms with Crippen LogP contribution in [0.5, 0.6) is 0 Å². The summed E-state index contributed by atoms with van der Waals surface area (Å²) in [6.45, 7) is 0. The molecule has 0 atom stereocenters. The van der Waals surface area contributed by atoms with Crippen molar-refractivity contribution in [3.8, 4) is 11.3 Å². The van der Waals surface area contributed by atoms with Crippen LogP contribution < -0.4 is 0 Å². The Morgan fingerprint density at radius 2 is 1.73 bits per heavy atom. The van der Waals surface area contributed by atoms with E-state index in [0.717, 1.165) is 25.0 Å². The zero-order chi connectivity index (χ0) is 15.9. The van der Waals surface area contributed by atoms with Gasteiger partial charge in [-0.3, -0.25) is 0 Å². The highest BCUT2D eigenvalue weighted by molar-refractivity contribution is 6.17. The molecule has 7 heteroatoms. The van der Waals surface area contributed by atoms with E-state index in [4.69, 9.17) is 16.1 Å². The molecule has 1 aliphatic carbocycles. The number of hydrogen-bond donors (Lipinski definition) is 0. The van der Waals surface area contributed by atoms with Gasteiger partial charge in [0.25, 0.3) is 12.9 Å². The number of hydrogen-bond acceptors (Lipinski definition) is 2. The lowest BCUT2D eigenvalue weighted by atomic mass is 9.95. The normalized spacial score (nSPS) is 15.0. The van der Waals surface area contributed by atoms with E-state index in [1.54, 1.807) is 0 Å². The summed E-state index contributed by atoms with van der Waals surface area (Å²) >= 11 is 5.89. The minimum Gasteiger partial charge on any atom is -0.360 e. The molecule has 118 valence electrons. The number of benzene rings is 1. The van der Waals surface area contributed by atoms with E-state index in [1.807, 2.05) is 0 Å². The highest BCUT2D eigenvalue weighted by Gasteiger charge is 2.34. The van der Waals surface area contributed by atoms with Gasteiger partial charge < -0.3 is 4.52 Å². The van der Waals surface area contributed by atoms with Gasteiger partial charge in [0.05, 0.1) is 5.88 Å². The fourth-order valence-electron chi connectivity index (χ4n) is 2.54. The molecule has 0 spiro atoms. The Morgan fingerprint density at radius 1 is 1.14 bits per heavy atom. The third-order valence-corrected chi connectivity index (χ3v) is 4.00. The number of aromatic nitrogens is 1. The second-order valence-corrected chi connectivity index (χ2v) is 5.46. The maximum Gasteiger partial charge on any atom is 0.264 e. The molecule has 2 aromatic rings. The Bertz CT molecular complexity index is 656. The molecular formula is C15H12ClF4NO. The third-order valence-electron chi connectivity index (χ3n) is 3.74. The quantitative estimate of drug-likeness (QED) is 0.508. The van der Waals surface area contributed by atoms with E-state index < -0.39 is 24.0 Å². The van der Waals surface area contributed by atoms with Crippen molar-refractivity contribution in [3.05, 3.63) is 40.6 Å². The van der Waals surface area contributed by atoms with Gasteiger partial charge in [0.1, 0.15) is 11.5 Å². The van der Waals surface area contributed by atoms with E-state index >= 15 is 0 Å². The van der Waals surface area contributed by atoms with Gasteiger partial charge >= 0.3 is 0 Å². The average Bonchev–Trinajstić information content (AvgIpc) is 3.25. The van der Waals surface area contributed by atoms with Gasteiger partial charge in [0, 0.05) is 28.2 Å². The van der Waals surface area contributed by atoms with Crippen LogP contribution in [0.3, 0.4) is 0 Å². The van der Waals surface area contributed by atoms with Crippen molar-refractivity contribution < 1.29 is 22.1 Å². The van der Waals surface area contributed by atoms with Gasteiger partial charge in [-0.25, -0.2) is 17.6 Å². The average molecular weight is 334 g/mol. The largest absolute Gasteiger partial charge is 0.360 e. The van der Waals surface area contributed by atoms with Crippen LogP contribution in [0, 0.1) is 0 Å². The lowest BCUT2D eigenvalue weighted by Gasteiger charge is -2.13. The number of alkyl halides is 5. The lowest BCUT2D eigenvalue weighted by molar-refractivity contribution is 0.145.